The molecule has 2 aromatic carbocycles. The molecule has 0 radical (unpaired) electrons. The van der Waals surface area contributed by atoms with E-state index in [-0.39, 0.29) is 23.5 Å². The van der Waals surface area contributed by atoms with Crippen LogP contribution < -0.4 is 21.9 Å². The maximum absolute atomic E-state index is 13.2. The smallest absolute Gasteiger partial charge is 0.275 e. The highest BCUT2D eigenvalue weighted by Crippen LogP contribution is 2.39. The van der Waals surface area contributed by atoms with Crippen LogP contribution in [0.1, 0.15) is 18.4 Å². The number of aromatic hydroxyl groups is 1. The number of rotatable bonds is 4. The molecule has 5 aromatic rings. The number of benzene rings is 2. The van der Waals surface area contributed by atoms with Crippen LogP contribution in [-0.2, 0) is 0 Å². The lowest BCUT2D eigenvalue weighted by molar-refractivity contribution is 0.480. The third-order valence-electron chi connectivity index (χ3n) is 6.49. The fourth-order valence-electron chi connectivity index (χ4n) is 4.72. The number of phenols is 1. The predicted molar refractivity (Wildman–Crippen MR) is 140 cm³/mol. The first kappa shape index (κ1) is 21.5. The second-order valence-electron chi connectivity index (χ2n) is 8.60. The van der Waals surface area contributed by atoms with Gasteiger partial charge in [0.25, 0.3) is 5.56 Å². The Bertz CT molecular complexity index is 1700. The van der Waals surface area contributed by atoms with Gasteiger partial charge < -0.3 is 30.7 Å². The fourth-order valence-corrected chi connectivity index (χ4v) is 5.08. The van der Waals surface area contributed by atoms with Gasteiger partial charge in [-0.1, -0.05) is 35.0 Å². The number of nitrogens with zero attached hydrogens (tertiary/aromatic N) is 1. The van der Waals surface area contributed by atoms with Crippen molar-refractivity contribution in [1.29, 1.82) is 0 Å². The van der Waals surface area contributed by atoms with E-state index in [0.717, 1.165) is 43.1 Å². The van der Waals surface area contributed by atoms with E-state index in [1.807, 2.05) is 30.5 Å². The Morgan fingerprint density at radius 2 is 1.97 bits per heavy atom. The van der Waals surface area contributed by atoms with Gasteiger partial charge in [-0.15, -0.1) is 0 Å². The first-order valence-electron chi connectivity index (χ1n) is 11.1. The van der Waals surface area contributed by atoms with Crippen molar-refractivity contribution in [1.82, 2.24) is 30.6 Å². The van der Waals surface area contributed by atoms with Gasteiger partial charge in [0.1, 0.15) is 17.7 Å². The molecule has 176 valence electrons. The molecule has 6 rings (SSSR count). The van der Waals surface area contributed by atoms with E-state index in [2.05, 4.69) is 53.4 Å². The van der Waals surface area contributed by atoms with E-state index in [4.69, 9.17) is 5.73 Å². The Kier molecular flexibility index (Phi) is 4.94. The average molecular weight is 532 g/mol. The normalized spacial score (nSPS) is 16.3. The second kappa shape index (κ2) is 8.03. The number of allylic oxidation sites excluding steroid dienone is 1. The van der Waals surface area contributed by atoms with E-state index in [1.54, 1.807) is 24.7 Å². The summed E-state index contributed by atoms with van der Waals surface area (Å²) in [6.07, 6.45) is 6.73. The number of halogens is 1. The minimum atomic E-state index is -0.343. The zero-order chi connectivity index (χ0) is 24.3. The molecule has 0 amide bonds. The number of hydrogen-bond donors (Lipinski definition) is 7. The molecule has 0 bridgehead atoms. The molecule has 35 heavy (non-hydrogen) atoms. The molecule has 0 fully saturated rings. The Morgan fingerprint density at radius 1 is 1.14 bits per heavy atom. The molecule has 0 spiro atoms. The highest BCUT2D eigenvalue weighted by Gasteiger charge is 2.23. The van der Waals surface area contributed by atoms with Crippen LogP contribution in [0.2, 0.25) is 0 Å². The fraction of sp³-hybridized carbons (Fsp3) is 0.120. The molecular formula is C25H22BrN7O2. The zero-order valence-corrected chi connectivity index (χ0v) is 20.2. The van der Waals surface area contributed by atoms with Crippen molar-refractivity contribution < 1.29 is 5.11 Å². The largest absolute Gasteiger partial charge is 0.506 e. The minimum absolute atomic E-state index is 0.0433. The first-order valence-corrected chi connectivity index (χ1v) is 11.9. The Morgan fingerprint density at radius 3 is 2.74 bits per heavy atom. The molecule has 2 atom stereocenters. The third-order valence-corrected chi connectivity index (χ3v) is 6.99. The highest BCUT2D eigenvalue weighted by atomic mass is 79.9. The monoisotopic (exact) mass is 531 g/mol. The number of aromatic amines is 3. The summed E-state index contributed by atoms with van der Waals surface area (Å²) in [6.45, 7) is 2.06. The number of H-pyrrole nitrogens is 3. The molecule has 3 aromatic heterocycles. The van der Waals surface area contributed by atoms with Crippen molar-refractivity contribution in [2.24, 2.45) is 5.73 Å². The van der Waals surface area contributed by atoms with Crippen molar-refractivity contribution in [2.75, 3.05) is 0 Å². The molecule has 4 heterocycles. The molecule has 10 heteroatoms. The van der Waals surface area contributed by atoms with Crippen LogP contribution in [0.25, 0.3) is 44.3 Å². The van der Waals surface area contributed by atoms with E-state index < -0.39 is 0 Å². The molecule has 0 saturated carbocycles. The lowest BCUT2D eigenvalue weighted by atomic mass is 9.92. The van der Waals surface area contributed by atoms with Crippen molar-refractivity contribution in [2.45, 2.75) is 19.1 Å². The van der Waals surface area contributed by atoms with E-state index in [1.165, 1.54) is 0 Å². The predicted octanol–water partition coefficient (Wildman–Crippen LogP) is 3.91. The summed E-state index contributed by atoms with van der Waals surface area (Å²) in [5.74, 6) is 0.0838. The van der Waals surface area contributed by atoms with Crippen LogP contribution in [0, 0.1) is 0 Å². The SMILES string of the molecule is C[C@H](C1=CNC(N)N1)c1ccc(O)c2[nH]cc(-c3cnc(-c4c[nH]c5cc(Br)ccc45)c(=O)[nH]3)c12. The maximum atomic E-state index is 13.2. The maximum Gasteiger partial charge on any atom is 0.275 e. The van der Waals surface area contributed by atoms with Gasteiger partial charge in [0.05, 0.1) is 17.4 Å². The lowest BCUT2D eigenvalue weighted by Crippen LogP contribution is -2.41. The zero-order valence-electron chi connectivity index (χ0n) is 18.6. The number of nitrogens with two attached hydrogens (primary N) is 1. The van der Waals surface area contributed by atoms with Crippen molar-refractivity contribution >= 4 is 37.7 Å². The molecule has 1 unspecified atom stereocenters. The van der Waals surface area contributed by atoms with Gasteiger partial charge >= 0.3 is 0 Å². The van der Waals surface area contributed by atoms with Crippen molar-refractivity contribution in [3.8, 4) is 28.3 Å². The van der Waals surface area contributed by atoms with Gasteiger partial charge in [-0.25, -0.2) is 4.98 Å². The summed E-state index contributed by atoms with van der Waals surface area (Å²) >= 11 is 3.47. The van der Waals surface area contributed by atoms with Crippen molar-refractivity contribution in [3.63, 3.8) is 0 Å². The van der Waals surface area contributed by atoms with Crippen LogP contribution >= 0.6 is 15.9 Å². The molecular weight excluding hydrogens is 510 g/mol. The van der Waals surface area contributed by atoms with Crippen LogP contribution in [0.4, 0.5) is 0 Å². The van der Waals surface area contributed by atoms with Crippen LogP contribution in [0.5, 0.6) is 5.75 Å². The van der Waals surface area contributed by atoms with Gasteiger partial charge in [-0.3, -0.25) is 10.5 Å². The summed E-state index contributed by atoms with van der Waals surface area (Å²) < 4.78 is 0.949. The summed E-state index contributed by atoms with van der Waals surface area (Å²) in [7, 11) is 0. The summed E-state index contributed by atoms with van der Waals surface area (Å²) in [5, 5.41) is 18.5. The number of fused-ring (bicyclic) bond motifs is 2. The lowest BCUT2D eigenvalue weighted by Gasteiger charge is -2.17. The first-order chi connectivity index (χ1) is 16.9. The molecule has 8 N–H and O–H groups in total. The molecule has 0 aliphatic carbocycles. The van der Waals surface area contributed by atoms with Crippen LogP contribution in [0.3, 0.4) is 0 Å². The molecule has 0 saturated heterocycles. The Balaban J connectivity index is 1.47. The molecule has 1 aliphatic rings. The summed E-state index contributed by atoms with van der Waals surface area (Å²) in [4.78, 5) is 27.0. The summed E-state index contributed by atoms with van der Waals surface area (Å²) in [5.41, 5.74) is 11.4. The number of nitrogens with one attached hydrogen (secondary N) is 5. The second-order valence-corrected chi connectivity index (χ2v) is 9.52. The topological polar surface area (TPSA) is 148 Å². The average Bonchev–Trinajstić information content (AvgIpc) is 3.57. The Hall–Kier alpha value is -4.02. The van der Waals surface area contributed by atoms with Gasteiger partial charge in [0.15, 0.2) is 0 Å². The van der Waals surface area contributed by atoms with Gasteiger partial charge in [-0.2, -0.15) is 0 Å². The van der Waals surface area contributed by atoms with Crippen molar-refractivity contribution in [3.05, 3.63) is 81.2 Å². The van der Waals surface area contributed by atoms with E-state index >= 15 is 0 Å². The number of hydrogen-bond acceptors (Lipinski definition) is 6. The van der Waals surface area contributed by atoms with Crippen LogP contribution in [-0.4, -0.2) is 31.3 Å². The van der Waals surface area contributed by atoms with E-state index in [0.29, 0.717) is 16.9 Å². The number of aromatic nitrogens is 4. The summed E-state index contributed by atoms with van der Waals surface area (Å²) in [6, 6.07) is 9.38. The molecule has 1 aliphatic heterocycles. The van der Waals surface area contributed by atoms with Gasteiger partial charge in [-0.05, 0) is 23.8 Å². The Labute approximate surface area is 207 Å². The highest BCUT2D eigenvalue weighted by molar-refractivity contribution is 9.10. The van der Waals surface area contributed by atoms with Crippen LogP contribution in [0.15, 0.2) is 70.1 Å². The van der Waals surface area contributed by atoms with Gasteiger partial charge in [0, 0.05) is 62.1 Å². The van der Waals surface area contributed by atoms with Gasteiger partial charge in [0.2, 0.25) is 0 Å². The third kappa shape index (κ3) is 3.49. The standard InChI is InChI=1S/C25H22BrN7O2/c1-11(18-9-31-25(27)33-18)13-4-5-20(34)23-21(13)16(8-29-23)19-10-30-22(24(35)32-19)15-7-28-17-6-12(26)2-3-14(15)17/h2-11,25,28-29,31,33-34H,27H2,1H3,(H,32,35)/t11-,25?/m0/s1. The van der Waals surface area contributed by atoms with E-state index in [9.17, 15) is 9.90 Å². The number of phenolic OH excluding ortho intramolecular Hbond substituents is 1. The minimum Gasteiger partial charge on any atom is -0.506 e. The quantitative estimate of drug-likeness (QED) is 0.187. The molecule has 9 nitrogen and oxygen atoms in total.